The second-order valence-electron chi connectivity index (χ2n) is 5.89. The van der Waals surface area contributed by atoms with Crippen molar-refractivity contribution in [2.45, 2.75) is 32.8 Å². The van der Waals surface area contributed by atoms with E-state index in [2.05, 4.69) is 0 Å². The standard InChI is InChI=1S/C16H22FNO4/c1-16(2,3)22-15(20)18(4)10-9-12(19)14-11(17)7-6-8-13(14)21-5/h6-8H,9-10H2,1-5H3. The molecule has 1 rings (SSSR count). The highest BCUT2D eigenvalue weighted by Crippen LogP contribution is 2.22. The Morgan fingerprint density at radius 2 is 1.91 bits per heavy atom. The lowest BCUT2D eigenvalue weighted by Crippen LogP contribution is -2.35. The molecule has 0 spiro atoms. The number of hydrogen-bond acceptors (Lipinski definition) is 4. The van der Waals surface area contributed by atoms with Crippen molar-refractivity contribution in [1.82, 2.24) is 4.90 Å². The monoisotopic (exact) mass is 311 g/mol. The molecule has 0 N–H and O–H groups in total. The van der Waals surface area contributed by atoms with Gasteiger partial charge < -0.3 is 14.4 Å². The molecule has 0 fully saturated rings. The fourth-order valence-electron chi connectivity index (χ4n) is 1.77. The summed E-state index contributed by atoms with van der Waals surface area (Å²) in [7, 11) is 2.90. The summed E-state index contributed by atoms with van der Waals surface area (Å²) in [5.41, 5.74) is -0.702. The van der Waals surface area contributed by atoms with Gasteiger partial charge >= 0.3 is 6.09 Å². The average molecular weight is 311 g/mol. The maximum absolute atomic E-state index is 13.8. The number of halogens is 1. The van der Waals surface area contributed by atoms with Crippen molar-refractivity contribution in [3.8, 4) is 5.75 Å². The number of amides is 1. The van der Waals surface area contributed by atoms with Gasteiger partial charge in [0, 0.05) is 20.0 Å². The number of Topliss-reactive ketones (excluding diaryl/α,β-unsaturated/α-hetero) is 1. The number of ether oxygens (including phenoxy) is 2. The Hall–Kier alpha value is -2.11. The molecule has 0 bridgehead atoms. The number of carbonyl (C=O) groups excluding carboxylic acids is 2. The van der Waals surface area contributed by atoms with Crippen LogP contribution < -0.4 is 4.74 Å². The van der Waals surface area contributed by atoms with Crippen LogP contribution in [-0.4, -0.2) is 43.1 Å². The van der Waals surface area contributed by atoms with Gasteiger partial charge in [0.1, 0.15) is 17.2 Å². The van der Waals surface area contributed by atoms with E-state index in [1.165, 1.54) is 37.3 Å². The van der Waals surface area contributed by atoms with E-state index in [0.717, 1.165) is 0 Å². The first kappa shape index (κ1) is 17.9. The molecule has 0 unspecified atom stereocenters. The van der Waals surface area contributed by atoms with E-state index in [9.17, 15) is 14.0 Å². The summed E-state index contributed by atoms with van der Waals surface area (Å²) < 4.78 is 24.0. The molecular formula is C16H22FNO4. The number of carbonyl (C=O) groups is 2. The Labute approximate surface area is 130 Å². The van der Waals surface area contributed by atoms with E-state index in [1.54, 1.807) is 20.8 Å². The predicted molar refractivity (Wildman–Crippen MR) is 80.8 cm³/mol. The Morgan fingerprint density at radius 3 is 2.45 bits per heavy atom. The van der Waals surface area contributed by atoms with Gasteiger partial charge in [0.25, 0.3) is 0 Å². The molecule has 0 heterocycles. The van der Waals surface area contributed by atoms with Gasteiger partial charge in [-0.2, -0.15) is 0 Å². The number of rotatable bonds is 5. The maximum atomic E-state index is 13.8. The summed E-state index contributed by atoms with van der Waals surface area (Å²) in [6.45, 7) is 5.40. The smallest absolute Gasteiger partial charge is 0.410 e. The normalized spacial score (nSPS) is 11.0. The van der Waals surface area contributed by atoms with Gasteiger partial charge in [0.2, 0.25) is 0 Å². The van der Waals surface area contributed by atoms with Gasteiger partial charge in [0.15, 0.2) is 5.78 Å². The van der Waals surface area contributed by atoms with Crippen molar-refractivity contribution in [2.24, 2.45) is 0 Å². The second kappa shape index (κ2) is 7.24. The van der Waals surface area contributed by atoms with E-state index in [0.29, 0.717) is 0 Å². The lowest BCUT2D eigenvalue weighted by atomic mass is 10.1. The van der Waals surface area contributed by atoms with Crippen LogP contribution in [0.3, 0.4) is 0 Å². The van der Waals surface area contributed by atoms with Crippen molar-refractivity contribution in [3.63, 3.8) is 0 Å². The third-order valence-electron chi connectivity index (χ3n) is 2.85. The molecule has 0 aromatic heterocycles. The zero-order chi connectivity index (χ0) is 16.9. The zero-order valence-corrected chi connectivity index (χ0v) is 13.6. The number of benzene rings is 1. The number of ketones is 1. The minimum Gasteiger partial charge on any atom is -0.496 e. The van der Waals surface area contributed by atoms with Crippen LogP contribution in [0.4, 0.5) is 9.18 Å². The highest BCUT2D eigenvalue weighted by atomic mass is 19.1. The first-order chi connectivity index (χ1) is 10.2. The molecule has 0 aliphatic heterocycles. The van der Waals surface area contributed by atoms with E-state index in [1.807, 2.05) is 0 Å². The second-order valence-corrected chi connectivity index (χ2v) is 5.89. The van der Waals surface area contributed by atoms with Crippen molar-refractivity contribution in [1.29, 1.82) is 0 Å². The van der Waals surface area contributed by atoms with Crippen LogP contribution in [-0.2, 0) is 4.74 Å². The van der Waals surface area contributed by atoms with Crippen LogP contribution in [0.5, 0.6) is 5.75 Å². The molecule has 0 aliphatic rings. The number of nitrogens with zero attached hydrogens (tertiary/aromatic N) is 1. The van der Waals surface area contributed by atoms with Gasteiger partial charge in [-0.25, -0.2) is 9.18 Å². The minimum atomic E-state index is -0.635. The Morgan fingerprint density at radius 1 is 1.27 bits per heavy atom. The Balaban J connectivity index is 2.69. The number of hydrogen-bond donors (Lipinski definition) is 0. The molecule has 1 aromatic rings. The van der Waals surface area contributed by atoms with Gasteiger partial charge in [-0.1, -0.05) is 6.07 Å². The van der Waals surface area contributed by atoms with Crippen LogP contribution >= 0.6 is 0 Å². The van der Waals surface area contributed by atoms with Gasteiger partial charge in [-0.3, -0.25) is 4.79 Å². The number of methoxy groups -OCH3 is 1. The molecule has 5 nitrogen and oxygen atoms in total. The molecular weight excluding hydrogens is 289 g/mol. The van der Waals surface area contributed by atoms with Crippen molar-refractivity contribution >= 4 is 11.9 Å². The summed E-state index contributed by atoms with van der Waals surface area (Å²) in [6.07, 6.45) is -0.548. The molecule has 1 aromatic carbocycles. The van der Waals surface area contributed by atoms with E-state index < -0.39 is 23.3 Å². The van der Waals surface area contributed by atoms with Crippen LogP contribution in [0, 0.1) is 5.82 Å². The predicted octanol–water partition coefficient (Wildman–Crippen LogP) is 3.27. The third-order valence-corrected chi connectivity index (χ3v) is 2.85. The van der Waals surface area contributed by atoms with Gasteiger partial charge in [0.05, 0.1) is 12.7 Å². The summed E-state index contributed by atoms with van der Waals surface area (Å²) in [4.78, 5) is 25.2. The highest BCUT2D eigenvalue weighted by molar-refractivity contribution is 5.99. The topological polar surface area (TPSA) is 55.8 Å². The van der Waals surface area contributed by atoms with Crippen molar-refractivity contribution in [3.05, 3.63) is 29.6 Å². The highest BCUT2D eigenvalue weighted by Gasteiger charge is 2.22. The molecule has 1 amide bonds. The van der Waals surface area contributed by atoms with Crippen LogP contribution in [0.1, 0.15) is 37.6 Å². The van der Waals surface area contributed by atoms with Gasteiger partial charge in [-0.05, 0) is 32.9 Å². The van der Waals surface area contributed by atoms with Crippen LogP contribution in [0.15, 0.2) is 18.2 Å². The fraction of sp³-hybridized carbons (Fsp3) is 0.500. The van der Waals surface area contributed by atoms with E-state index in [-0.39, 0.29) is 24.3 Å². The quantitative estimate of drug-likeness (QED) is 0.783. The fourth-order valence-corrected chi connectivity index (χ4v) is 1.77. The summed E-state index contributed by atoms with van der Waals surface area (Å²) in [5.74, 6) is -0.875. The SMILES string of the molecule is COc1cccc(F)c1C(=O)CCN(C)C(=O)OC(C)(C)C. The van der Waals surface area contributed by atoms with Gasteiger partial charge in [-0.15, -0.1) is 0 Å². The summed E-state index contributed by atoms with van der Waals surface area (Å²) >= 11 is 0. The van der Waals surface area contributed by atoms with E-state index in [4.69, 9.17) is 9.47 Å². The Bertz CT molecular complexity index is 552. The molecule has 0 saturated heterocycles. The largest absolute Gasteiger partial charge is 0.496 e. The first-order valence-electron chi connectivity index (χ1n) is 6.95. The molecule has 22 heavy (non-hydrogen) atoms. The first-order valence-corrected chi connectivity index (χ1v) is 6.95. The summed E-state index contributed by atoms with van der Waals surface area (Å²) in [6, 6.07) is 4.19. The van der Waals surface area contributed by atoms with Crippen LogP contribution in [0.2, 0.25) is 0 Å². The average Bonchev–Trinajstić information content (AvgIpc) is 2.42. The summed E-state index contributed by atoms with van der Waals surface area (Å²) in [5, 5.41) is 0. The molecule has 0 atom stereocenters. The molecule has 0 aliphatic carbocycles. The lowest BCUT2D eigenvalue weighted by Gasteiger charge is -2.24. The van der Waals surface area contributed by atoms with E-state index >= 15 is 0 Å². The molecule has 0 saturated carbocycles. The van der Waals surface area contributed by atoms with Crippen LogP contribution in [0.25, 0.3) is 0 Å². The zero-order valence-electron chi connectivity index (χ0n) is 13.6. The van der Waals surface area contributed by atoms with Crippen molar-refractivity contribution < 1.29 is 23.5 Å². The molecule has 6 heteroatoms. The minimum absolute atomic E-state index is 0.0208. The maximum Gasteiger partial charge on any atom is 0.410 e. The lowest BCUT2D eigenvalue weighted by molar-refractivity contribution is 0.0298. The Kier molecular flexibility index (Phi) is 5.91. The third kappa shape index (κ3) is 5.02. The van der Waals surface area contributed by atoms with Crippen molar-refractivity contribution in [2.75, 3.05) is 20.7 Å². The molecule has 122 valence electrons. The molecule has 0 radical (unpaired) electrons.